The van der Waals surface area contributed by atoms with E-state index in [9.17, 15) is 5.11 Å². The van der Waals surface area contributed by atoms with E-state index in [4.69, 9.17) is 9.47 Å². The van der Waals surface area contributed by atoms with Gasteiger partial charge in [0.25, 0.3) is 0 Å². The van der Waals surface area contributed by atoms with Crippen LogP contribution in [0.4, 0.5) is 0 Å². The third-order valence-electron chi connectivity index (χ3n) is 4.79. The second-order valence-electron chi connectivity index (χ2n) is 6.29. The van der Waals surface area contributed by atoms with Gasteiger partial charge in [-0.25, -0.2) is 0 Å². The number of piperidine rings is 1. The van der Waals surface area contributed by atoms with Crippen molar-refractivity contribution in [2.75, 3.05) is 13.2 Å². The Labute approximate surface area is 119 Å². The number of benzene rings is 1. The largest absolute Gasteiger partial charge is 0.490 e. The summed E-state index contributed by atoms with van der Waals surface area (Å²) in [6, 6.07) is 6.83. The van der Waals surface area contributed by atoms with E-state index in [1.807, 2.05) is 18.2 Å². The first kappa shape index (κ1) is 12.5. The molecule has 3 heterocycles. The summed E-state index contributed by atoms with van der Waals surface area (Å²) in [5.41, 5.74) is 0.252. The van der Waals surface area contributed by atoms with Crippen LogP contribution in [0, 0.1) is 0 Å². The van der Waals surface area contributed by atoms with Crippen molar-refractivity contribution in [3.8, 4) is 11.5 Å². The zero-order valence-corrected chi connectivity index (χ0v) is 11.6. The maximum atomic E-state index is 11.1. The zero-order valence-electron chi connectivity index (χ0n) is 11.6. The Kier molecular flexibility index (Phi) is 2.89. The van der Waals surface area contributed by atoms with Crippen LogP contribution in [0.1, 0.15) is 37.7 Å². The number of hydrogen-bond acceptors (Lipinski definition) is 4. The van der Waals surface area contributed by atoms with E-state index >= 15 is 0 Å². The van der Waals surface area contributed by atoms with Crippen LogP contribution >= 0.6 is 0 Å². The van der Waals surface area contributed by atoms with Gasteiger partial charge >= 0.3 is 0 Å². The molecule has 4 rings (SSSR count). The van der Waals surface area contributed by atoms with Crippen molar-refractivity contribution in [2.24, 2.45) is 0 Å². The van der Waals surface area contributed by atoms with Crippen molar-refractivity contribution in [1.82, 2.24) is 5.32 Å². The lowest BCUT2D eigenvalue weighted by Gasteiger charge is -2.37. The Balaban J connectivity index is 1.66. The molecule has 2 unspecified atom stereocenters. The molecule has 3 aliphatic rings. The molecule has 20 heavy (non-hydrogen) atoms. The highest BCUT2D eigenvalue weighted by atomic mass is 16.5. The minimum absolute atomic E-state index is 0.453. The monoisotopic (exact) mass is 275 g/mol. The van der Waals surface area contributed by atoms with Crippen molar-refractivity contribution in [2.45, 2.75) is 49.8 Å². The Morgan fingerprint density at radius 1 is 1.05 bits per heavy atom. The summed E-state index contributed by atoms with van der Waals surface area (Å²) >= 11 is 0. The fourth-order valence-corrected chi connectivity index (χ4v) is 3.81. The Morgan fingerprint density at radius 2 is 1.75 bits per heavy atom. The molecule has 0 radical (unpaired) electrons. The molecule has 0 aliphatic carbocycles. The van der Waals surface area contributed by atoms with Crippen LogP contribution in [0.5, 0.6) is 11.5 Å². The molecule has 1 aromatic rings. The van der Waals surface area contributed by atoms with E-state index in [-0.39, 0.29) is 0 Å². The zero-order chi connectivity index (χ0) is 13.6. The van der Waals surface area contributed by atoms with E-state index < -0.39 is 5.60 Å². The second-order valence-corrected chi connectivity index (χ2v) is 6.29. The number of ether oxygens (including phenoxy) is 2. The number of fused-ring (bicyclic) bond motifs is 3. The van der Waals surface area contributed by atoms with E-state index in [1.165, 1.54) is 12.8 Å². The summed E-state index contributed by atoms with van der Waals surface area (Å²) in [6.45, 7) is 1.38. The van der Waals surface area contributed by atoms with Gasteiger partial charge in [-0.15, -0.1) is 0 Å². The van der Waals surface area contributed by atoms with Gasteiger partial charge < -0.3 is 19.9 Å². The third kappa shape index (κ3) is 2.07. The summed E-state index contributed by atoms with van der Waals surface area (Å²) in [4.78, 5) is 0. The molecule has 0 saturated carbocycles. The molecule has 2 N–H and O–H groups in total. The predicted molar refractivity (Wildman–Crippen MR) is 75.1 cm³/mol. The van der Waals surface area contributed by atoms with Gasteiger partial charge in [-0.1, -0.05) is 6.07 Å². The van der Waals surface area contributed by atoms with Gasteiger partial charge in [0, 0.05) is 18.5 Å². The molecule has 4 heteroatoms. The van der Waals surface area contributed by atoms with Crippen LogP contribution in [0.15, 0.2) is 18.2 Å². The summed E-state index contributed by atoms with van der Waals surface area (Å²) in [5.74, 6) is 1.58. The molecule has 4 nitrogen and oxygen atoms in total. The maximum Gasteiger partial charge on any atom is 0.161 e. The Bertz CT molecular complexity index is 504. The molecule has 3 aliphatic heterocycles. The fraction of sp³-hybridized carbons (Fsp3) is 0.625. The summed E-state index contributed by atoms with van der Waals surface area (Å²) in [5, 5.41) is 14.6. The van der Waals surface area contributed by atoms with Gasteiger partial charge in [0.1, 0.15) is 0 Å². The van der Waals surface area contributed by atoms with Gasteiger partial charge in [0.15, 0.2) is 11.5 Å². The average Bonchev–Trinajstić information content (AvgIpc) is 2.66. The van der Waals surface area contributed by atoms with Crippen LogP contribution in [-0.4, -0.2) is 30.4 Å². The standard InChI is InChI=1S/C16H21NO3/c18-16(9-12-3-4-13(10-16)17-12)11-2-5-14-15(8-11)20-7-1-6-19-14/h2,5,8,12-13,17-18H,1,3-4,6-7,9-10H2. The van der Waals surface area contributed by atoms with Crippen LogP contribution in [0.25, 0.3) is 0 Å². The highest BCUT2D eigenvalue weighted by Gasteiger charge is 2.43. The van der Waals surface area contributed by atoms with Crippen molar-refractivity contribution >= 4 is 0 Å². The smallest absolute Gasteiger partial charge is 0.161 e. The van der Waals surface area contributed by atoms with Crippen LogP contribution in [0.2, 0.25) is 0 Å². The number of rotatable bonds is 1. The fourth-order valence-electron chi connectivity index (χ4n) is 3.81. The van der Waals surface area contributed by atoms with E-state index in [0.717, 1.165) is 36.3 Å². The quantitative estimate of drug-likeness (QED) is 0.822. The highest BCUT2D eigenvalue weighted by Crippen LogP contribution is 2.43. The summed E-state index contributed by atoms with van der Waals surface area (Å²) < 4.78 is 11.4. The maximum absolute atomic E-state index is 11.1. The van der Waals surface area contributed by atoms with Crippen molar-refractivity contribution in [1.29, 1.82) is 0 Å². The minimum Gasteiger partial charge on any atom is -0.490 e. The molecule has 0 spiro atoms. The van der Waals surface area contributed by atoms with Crippen LogP contribution in [-0.2, 0) is 5.60 Å². The summed E-state index contributed by atoms with van der Waals surface area (Å²) in [6.07, 6.45) is 4.85. The SMILES string of the molecule is OC1(c2ccc3c(c2)OCCCO3)CC2CCC(C1)N2. The first-order valence-corrected chi connectivity index (χ1v) is 7.61. The van der Waals surface area contributed by atoms with E-state index in [2.05, 4.69) is 5.32 Å². The molecule has 2 fully saturated rings. The van der Waals surface area contributed by atoms with Gasteiger partial charge in [-0.2, -0.15) is 0 Å². The molecule has 0 amide bonds. The normalized spacial score (nSPS) is 35.6. The lowest BCUT2D eigenvalue weighted by atomic mass is 9.81. The van der Waals surface area contributed by atoms with Crippen molar-refractivity contribution in [3.63, 3.8) is 0 Å². The molecule has 1 aromatic carbocycles. The average molecular weight is 275 g/mol. The highest BCUT2D eigenvalue weighted by molar-refractivity contribution is 5.45. The molecular formula is C16H21NO3. The van der Waals surface area contributed by atoms with Gasteiger partial charge in [-0.3, -0.25) is 0 Å². The van der Waals surface area contributed by atoms with Crippen LogP contribution < -0.4 is 14.8 Å². The summed E-state index contributed by atoms with van der Waals surface area (Å²) in [7, 11) is 0. The number of hydrogen-bond donors (Lipinski definition) is 2. The predicted octanol–water partition coefficient (Wildman–Crippen LogP) is 1.95. The number of aliphatic hydroxyl groups is 1. The first-order chi connectivity index (χ1) is 9.73. The molecule has 2 atom stereocenters. The molecule has 2 saturated heterocycles. The van der Waals surface area contributed by atoms with Crippen molar-refractivity contribution < 1.29 is 14.6 Å². The van der Waals surface area contributed by atoms with E-state index in [1.54, 1.807) is 0 Å². The molecule has 0 aromatic heterocycles. The van der Waals surface area contributed by atoms with Gasteiger partial charge in [0.2, 0.25) is 0 Å². The molecule has 2 bridgehead atoms. The lowest BCUT2D eigenvalue weighted by Crippen LogP contribution is -2.46. The minimum atomic E-state index is -0.720. The second kappa shape index (κ2) is 4.64. The van der Waals surface area contributed by atoms with Crippen LogP contribution in [0.3, 0.4) is 0 Å². The molecule has 108 valence electrons. The van der Waals surface area contributed by atoms with Gasteiger partial charge in [0.05, 0.1) is 18.8 Å². The topological polar surface area (TPSA) is 50.7 Å². The third-order valence-corrected chi connectivity index (χ3v) is 4.79. The molecular weight excluding hydrogens is 254 g/mol. The van der Waals surface area contributed by atoms with Crippen molar-refractivity contribution in [3.05, 3.63) is 23.8 Å². The van der Waals surface area contributed by atoms with E-state index in [0.29, 0.717) is 25.3 Å². The van der Waals surface area contributed by atoms with Gasteiger partial charge in [-0.05, 0) is 43.4 Å². The Morgan fingerprint density at radius 3 is 2.50 bits per heavy atom. The number of nitrogens with one attached hydrogen (secondary N) is 1. The Hall–Kier alpha value is -1.26. The lowest BCUT2D eigenvalue weighted by molar-refractivity contribution is -0.0116. The first-order valence-electron chi connectivity index (χ1n) is 7.61.